The van der Waals surface area contributed by atoms with Gasteiger partial charge in [0.15, 0.2) is 5.76 Å². The zero-order valence-corrected chi connectivity index (χ0v) is 11.8. The average molecular weight is 285 g/mol. The molecule has 1 aliphatic rings. The summed E-state index contributed by atoms with van der Waals surface area (Å²) in [6, 6.07) is 11.3. The zero-order chi connectivity index (χ0) is 14.7. The molecule has 2 atom stereocenters. The summed E-state index contributed by atoms with van der Waals surface area (Å²) >= 11 is 0. The van der Waals surface area contributed by atoms with Crippen molar-refractivity contribution in [3.05, 3.63) is 48.4 Å². The van der Waals surface area contributed by atoms with Gasteiger partial charge in [-0.1, -0.05) is 43.2 Å². The summed E-state index contributed by atoms with van der Waals surface area (Å²) in [5.41, 5.74) is 1.72. The van der Waals surface area contributed by atoms with Crippen LogP contribution in [0.3, 0.4) is 0 Å². The second-order valence-corrected chi connectivity index (χ2v) is 5.46. The Labute approximate surface area is 123 Å². The van der Waals surface area contributed by atoms with E-state index in [0.29, 0.717) is 5.76 Å². The summed E-state index contributed by atoms with van der Waals surface area (Å²) in [4.78, 5) is 12.4. The number of aliphatic hydroxyl groups is 1. The van der Waals surface area contributed by atoms with E-state index in [2.05, 4.69) is 5.32 Å². The van der Waals surface area contributed by atoms with Gasteiger partial charge in [-0.2, -0.15) is 0 Å². The Morgan fingerprint density at radius 2 is 1.90 bits per heavy atom. The van der Waals surface area contributed by atoms with Crippen molar-refractivity contribution in [1.29, 1.82) is 0 Å². The molecule has 0 saturated heterocycles. The normalized spacial score (nSPS) is 22.0. The number of aliphatic hydroxyl groups excluding tert-OH is 1. The number of hydrogen-bond acceptors (Lipinski definition) is 3. The van der Waals surface area contributed by atoms with Crippen LogP contribution >= 0.6 is 0 Å². The van der Waals surface area contributed by atoms with E-state index >= 15 is 0 Å². The molecule has 110 valence electrons. The molecular formula is C17H19NO3. The number of amides is 1. The number of furan rings is 1. The van der Waals surface area contributed by atoms with E-state index < -0.39 is 6.10 Å². The maximum atomic E-state index is 12.4. The second kappa shape index (κ2) is 6.14. The lowest BCUT2D eigenvalue weighted by Gasteiger charge is -2.28. The van der Waals surface area contributed by atoms with E-state index in [-0.39, 0.29) is 11.9 Å². The van der Waals surface area contributed by atoms with Crippen LogP contribution in [0.4, 0.5) is 0 Å². The van der Waals surface area contributed by atoms with Crippen molar-refractivity contribution in [2.45, 2.75) is 37.8 Å². The van der Waals surface area contributed by atoms with Gasteiger partial charge in [-0.15, -0.1) is 0 Å². The van der Waals surface area contributed by atoms with Crippen molar-refractivity contribution in [2.24, 2.45) is 0 Å². The third kappa shape index (κ3) is 3.00. The SMILES string of the molecule is O=C(N[C@@H]1CCCC[C@H]1O)c1occc1-c1ccccc1. The number of benzene rings is 1. The van der Waals surface area contributed by atoms with Gasteiger partial charge in [0.05, 0.1) is 18.4 Å². The van der Waals surface area contributed by atoms with Crippen LogP contribution in [0.2, 0.25) is 0 Å². The molecule has 21 heavy (non-hydrogen) atoms. The highest BCUT2D eigenvalue weighted by Crippen LogP contribution is 2.25. The standard InChI is InChI=1S/C17H19NO3/c19-15-9-5-4-8-14(15)18-17(20)16-13(10-11-21-16)12-6-2-1-3-7-12/h1-3,6-7,10-11,14-15,19H,4-5,8-9H2,(H,18,20)/t14-,15-/m1/s1. The number of rotatable bonds is 3. The third-order valence-corrected chi connectivity index (χ3v) is 4.00. The first-order valence-corrected chi connectivity index (χ1v) is 7.37. The third-order valence-electron chi connectivity index (χ3n) is 4.00. The number of hydrogen-bond donors (Lipinski definition) is 2. The first kappa shape index (κ1) is 13.9. The minimum Gasteiger partial charge on any atom is -0.459 e. The fourth-order valence-corrected chi connectivity index (χ4v) is 2.84. The van der Waals surface area contributed by atoms with Gasteiger partial charge in [0, 0.05) is 5.56 Å². The molecule has 0 radical (unpaired) electrons. The van der Waals surface area contributed by atoms with Crippen molar-refractivity contribution in [1.82, 2.24) is 5.32 Å². The molecule has 0 bridgehead atoms. The van der Waals surface area contributed by atoms with Gasteiger partial charge >= 0.3 is 0 Å². The van der Waals surface area contributed by atoms with Gasteiger partial charge in [0.1, 0.15) is 0 Å². The minimum absolute atomic E-state index is 0.181. The van der Waals surface area contributed by atoms with Crippen LogP contribution in [0, 0.1) is 0 Å². The van der Waals surface area contributed by atoms with Crippen LogP contribution in [-0.4, -0.2) is 23.2 Å². The second-order valence-electron chi connectivity index (χ2n) is 5.46. The Morgan fingerprint density at radius 3 is 2.67 bits per heavy atom. The van der Waals surface area contributed by atoms with Crippen molar-refractivity contribution in [3.63, 3.8) is 0 Å². The summed E-state index contributed by atoms with van der Waals surface area (Å²) in [6.45, 7) is 0. The maximum absolute atomic E-state index is 12.4. The molecule has 1 aliphatic carbocycles. The fourth-order valence-electron chi connectivity index (χ4n) is 2.84. The smallest absolute Gasteiger partial charge is 0.287 e. The number of carbonyl (C=O) groups excluding carboxylic acids is 1. The number of nitrogens with one attached hydrogen (secondary N) is 1. The van der Waals surface area contributed by atoms with Crippen LogP contribution in [0.5, 0.6) is 0 Å². The van der Waals surface area contributed by atoms with Gasteiger partial charge < -0.3 is 14.8 Å². The monoisotopic (exact) mass is 285 g/mol. The molecule has 1 amide bonds. The predicted octanol–water partition coefficient (Wildman–Crippen LogP) is 2.98. The Hall–Kier alpha value is -2.07. The molecule has 1 heterocycles. The van der Waals surface area contributed by atoms with Crippen LogP contribution in [-0.2, 0) is 0 Å². The van der Waals surface area contributed by atoms with Gasteiger partial charge in [0.25, 0.3) is 5.91 Å². The first-order chi connectivity index (χ1) is 10.3. The highest BCUT2D eigenvalue weighted by atomic mass is 16.3. The van der Waals surface area contributed by atoms with Crippen molar-refractivity contribution in [2.75, 3.05) is 0 Å². The van der Waals surface area contributed by atoms with E-state index in [0.717, 1.165) is 36.8 Å². The first-order valence-electron chi connectivity index (χ1n) is 7.37. The van der Waals surface area contributed by atoms with E-state index in [1.807, 2.05) is 30.3 Å². The molecule has 0 aliphatic heterocycles. The summed E-state index contributed by atoms with van der Waals surface area (Å²) in [7, 11) is 0. The molecule has 4 nitrogen and oxygen atoms in total. The molecule has 3 rings (SSSR count). The van der Waals surface area contributed by atoms with Crippen LogP contribution in [0.15, 0.2) is 47.1 Å². The lowest BCUT2D eigenvalue weighted by atomic mass is 9.92. The lowest BCUT2D eigenvalue weighted by molar-refractivity contribution is 0.0699. The summed E-state index contributed by atoms with van der Waals surface area (Å²) in [5.74, 6) is 0.0452. The molecule has 1 aromatic heterocycles. The lowest BCUT2D eigenvalue weighted by Crippen LogP contribution is -2.45. The molecule has 1 fully saturated rings. The minimum atomic E-state index is -0.460. The van der Waals surface area contributed by atoms with E-state index in [9.17, 15) is 9.90 Å². The molecule has 1 aromatic carbocycles. The largest absolute Gasteiger partial charge is 0.459 e. The fraction of sp³-hybridized carbons (Fsp3) is 0.353. The van der Waals surface area contributed by atoms with Crippen molar-refractivity contribution < 1.29 is 14.3 Å². The molecular weight excluding hydrogens is 266 g/mol. The summed E-state index contributed by atoms with van der Waals surface area (Å²) < 4.78 is 5.36. The molecule has 4 heteroatoms. The summed E-state index contributed by atoms with van der Waals surface area (Å²) in [6.07, 6.45) is 4.67. The van der Waals surface area contributed by atoms with Gasteiger partial charge in [-0.25, -0.2) is 0 Å². The maximum Gasteiger partial charge on any atom is 0.287 e. The molecule has 2 N–H and O–H groups in total. The van der Waals surface area contributed by atoms with E-state index in [4.69, 9.17) is 4.42 Å². The Balaban J connectivity index is 1.78. The van der Waals surface area contributed by atoms with Crippen LogP contribution in [0.25, 0.3) is 11.1 Å². The quantitative estimate of drug-likeness (QED) is 0.911. The Morgan fingerprint density at radius 1 is 1.14 bits per heavy atom. The zero-order valence-electron chi connectivity index (χ0n) is 11.8. The molecule has 2 aromatic rings. The van der Waals surface area contributed by atoms with Crippen LogP contribution in [0.1, 0.15) is 36.2 Å². The number of carbonyl (C=O) groups is 1. The summed E-state index contributed by atoms with van der Waals surface area (Å²) in [5, 5.41) is 12.9. The van der Waals surface area contributed by atoms with Crippen LogP contribution < -0.4 is 5.32 Å². The highest BCUT2D eigenvalue weighted by Gasteiger charge is 2.26. The van der Waals surface area contributed by atoms with Crippen molar-refractivity contribution in [3.8, 4) is 11.1 Å². The average Bonchev–Trinajstić information content (AvgIpc) is 3.00. The van der Waals surface area contributed by atoms with Gasteiger partial charge in [-0.3, -0.25) is 4.79 Å². The molecule has 0 unspecified atom stereocenters. The Kier molecular flexibility index (Phi) is 4.06. The van der Waals surface area contributed by atoms with Gasteiger partial charge in [-0.05, 0) is 24.5 Å². The predicted molar refractivity (Wildman–Crippen MR) is 79.9 cm³/mol. The molecule has 1 saturated carbocycles. The van der Waals surface area contributed by atoms with E-state index in [1.54, 1.807) is 6.07 Å². The Bertz CT molecular complexity index is 606. The topological polar surface area (TPSA) is 62.5 Å². The molecule has 0 spiro atoms. The van der Waals surface area contributed by atoms with Crippen molar-refractivity contribution >= 4 is 5.91 Å². The highest BCUT2D eigenvalue weighted by molar-refractivity contribution is 5.98. The van der Waals surface area contributed by atoms with Gasteiger partial charge in [0.2, 0.25) is 0 Å². The van der Waals surface area contributed by atoms with E-state index in [1.165, 1.54) is 6.26 Å².